The number of nitrogens with zero attached hydrogens (tertiary/aromatic N) is 3. The third-order valence-electron chi connectivity index (χ3n) is 4.93. The molecule has 142 valence electrons. The molecule has 1 fully saturated rings. The first-order chi connectivity index (χ1) is 13.7. The molecule has 0 unspecified atom stereocenters. The minimum absolute atomic E-state index is 0.0256. The molecule has 1 saturated heterocycles. The van der Waals surface area contributed by atoms with Crippen LogP contribution in [0.5, 0.6) is 0 Å². The first-order valence-electron chi connectivity index (χ1n) is 8.93. The van der Waals surface area contributed by atoms with Gasteiger partial charge in [-0.2, -0.15) is 16.3 Å². The molecule has 2 aliphatic heterocycles. The quantitative estimate of drug-likeness (QED) is 0.677. The predicted octanol–water partition coefficient (Wildman–Crippen LogP) is 3.08. The van der Waals surface area contributed by atoms with Crippen LogP contribution in [0, 0.1) is 0 Å². The van der Waals surface area contributed by atoms with E-state index in [9.17, 15) is 9.59 Å². The van der Waals surface area contributed by atoms with E-state index in [-0.39, 0.29) is 24.4 Å². The Labute approximate surface area is 164 Å². The van der Waals surface area contributed by atoms with Gasteiger partial charge in [-0.3, -0.25) is 4.79 Å². The van der Waals surface area contributed by atoms with Crippen molar-refractivity contribution in [2.24, 2.45) is 0 Å². The van der Waals surface area contributed by atoms with Crippen LogP contribution < -0.4 is 10.2 Å². The number of nitrogens with one attached hydrogen (secondary N) is 1. The zero-order valence-corrected chi connectivity index (χ0v) is 15.6. The maximum atomic E-state index is 12.4. The minimum atomic E-state index is -0.518. The van der Waals surface area contributed by atoms with Crippen LogP contribution in [0.15, 0.2) is 39.5 Å². The molecule has 4 heterocycles. The van der Waals surface area contributed by atoms with Crippen LogP contribution >= 0.6 is 11.3 Å². The summed E-state index contributed by atoms with van der Waals surface area (Å²) < 4.78 is 10.4. The number of benzene rings is 1. The molecule has 1 N–H and O–H groups in total. The van der Waals surface area contributed by atoms with Crippen LogP contribution in [0.2, 0.25) is 0 Å². The number of carbonyl (C=O) groups is 2. The third kappa shape index (κ3) is 2.93. The van der Waals surface area contributed by atoms with Crippen molar-refractivity contribution in [2.75, 3.05) is 16.8 Å². The van der Waals surface area contributed by atoms with Gasteiger partial charge in [-0.25, -0.2) is 4.79 Å². The van der Waals surface area contributed by atoms with Gasteiger partial charge < -0.3 is 19.5 Å². The van der Waals surface area contributed by atoms with Gasteiger partial charge in [0.1, 0.15) is 6.04 Å². The topological polar surface area (TPSA) is 97.6 Å². The Morgan fingerprint density at radius 3 is 3.18 bits per heavy atom. The summed E-state index contributed by atoms with van der Waals surface area (Å²) in [6, 6.07) is 6.98. The van der Waals surface area contributed by atoms with Crippen molar-refractivity contribution >= 4 is 34.6 Å². The highest BCUT2D eigenvalue weighted by molar-refractivity contribution is 7.08. The second-order valence-corrected chi connectivity index (χ2v) is 7.45. The van der Waals surface area contributed by atoms with Gasteiger partial charge in [0.15, 0.2) is 6.61 Å². The molecule has 3 aromatic rings. The Morgan fingerprint density at radius 1 is 1.39 bits per heavy atom. The number of amides is 1. The molecule has 0 radical (unpaired) electrons. The van der Waals surface area contributed by atoms with Crippen molar-refractivity contribution in [2.45, 2.75) is 25.5 Å². The molecular weight excluding hydrogens is 380 g/mol. The van der Waals surface area contributed by atoms with Crippen LogP contribution in [0.3, 0.4) is 0 Å². The monoisotopic (exact) mass is 396 g/mol. The summed E-state index contributed by atoms with van der Waals surface area (Å²) in [5.74, 6) is 0.142. The summed E-state index contributed by atoms with van der Waals surface area (Å²) in [7, 11) is 0. The van der Waals surface area contributed by atoms with Crippen molar-refractivity contribution in [3.8, 4) is 11.4 Å². The summed E-state index contributed by atoms with van der Waals surface area (Å²) in [5.41, 5.74) is 2.79. The average molecular weight is 396 g/mol. The molecule has 0 bridgehead atoms. The zero-order valence-electron chi connectivity index (χ0n) is 14.8. The molecule has 8 nitrogen and oxygen atoms in total. The van der Waals surface area contributed by atoms with Crippen LogP contribution in [-0.2, 0) is 16.1 Å². The van der Waals surface area contributed by atoms with E-state index < -0.39 is 5.97 Å². The zero-order chi connectivity index (χ0) is 19.1. The number of thiophene rings is 1. The smallest absolute Gasteiger partial charge is 0.338 e. The Balaban J connectivity index is 1.29. The lowest BCUT2D eigenvalue weighted by atomic mass is 10.1. The van der Waals surface area contributed by atoms with E-state index in [1.165, 1.54) is 11.3 Å². The molecular formula is C19H16N4O4S. The second kappa shape index (κ2) is 6.75. The first kappa shape index (κ1) is 16.9. The van der Waals surface area contributed by atoms with E-state index >= 15 is 0 Å². The molecule has 0 saturated carbocycles. The van der Waals surface area contributed by atoms with Crippen LogP contribution in [0.4, 0.5) is 11.4 Å². The van der Waals surface area contributed by atoms with E-state index in [0.717, 1.165) is 30.6 Å². The number of aromatic nitrogens is 2. The third-order valence-corrected chi connectivity index (χ3v) is 5.61. The standard InChI is InChI=1S/C19H16N4O4S/c24-18-15-2-1-6-23(15)14-4-3-11(8-13(14)20-18)19(25)26-9-16-21-17(22-27-16)12-5-7-28-10-12/h3-5,7-8,10,15H,1-2,6,9H2,(H,20,24)/t15-/m1/s1. The molecule has 2 aromatic heterocycles. The van der Waals surface area contributed by atoms with E-state index in [0.29, 0.717) is 17.1 Å². The lowest BCUT2D eigenvalue weighted by Gasteiger charge is -2.33. The van der Waals surface area contributed by atoms with E-state index in [4.69, 9.17) is 9.26 Å². The molecule has 0 spiro atoms. The molecule has 1 atom stereocenters. The Hall–Kier alpha value is -3.20. The highest BCUT2D eigenvalue weighted by Gasteiger charge is 2.36. The summed E-state index contributed by atoms with van der Waals surface area (Å²) in [6.45, 7) is 0.728. The largest absolute Gasteiger partial charge is 0.452 e. The molecule has 1 aromatic carbocycles. The SMILES string of the molecule is O=C(OCc1nc(-c2ccsc2)no1)c1ccc2c(c1)NC(=O)[C@H]1CCCN21. The summed E-state index contributed by atoms with van der Waals surface area (Å²) >= 11 is 1.54. The molecule has 5 rings (SSSR count). The van der Waals surface area contributed by atoms with Crippen molar-refractivity contribution < 1.29 is 18.8 Å². The molecule has 1 amide bonds. The van der Waals surface area contributed by atoms with Gasteiger partial charge in [0.2, 0.25) is 11.7 Å². The van der Waals surface area contributed by atoms with Crippen LogP contribution in [0.1, 0.15) is 29.1 Å². The van der Waals surface area contributed by atoms with Crippen molar-refractivity contribution in [3.63, 3.8) is 0 Å². The fourth-order valence-electron chi connectivity index (χ4n) is 3.59. The summed E-state index contributed by atoms with van der Waals surface area (Å²) in [6.07, 6.45) is 1.84. The molecule has 9 heteroatoms. The fourth-order valence-corrected chi connectivity index (χ4v) is 4.22. The van der Waals surface area contributed by atoms with E-state index in [1.54, 1.807) is 12.1 Å². The number of ether oxygens (including phenoxy) is 1. The van der Waals surface area contributed by atoms with Crippen molar-refractivity contribution in [1.82, 2.24) is 10.1 Å². The Morgan fingerprint density at radius 2 is 2.32 bits per heavy atom. The maximum Gasteiger partial charge on any atom is 0.338 e. The van der Waals surface area contributed by atoms with Crippen LogP contribution in [0.25, 0.3) is 11.4 Å². The van der Waals surface area contributed by atoms with E-state index in [2.05, 4.69) is 20.4 Å². The lowest BCUT2D eigenvalue weighted by Crippen LogP contribution is -2.43. The van der Waals surface area contributed by atoms with Gasteiger partial charge in [-0.05, 0) is 42.5 Å². The van der Waals surface area contributed by atoms with Crippen molar-refractivity contribution in [1.29, 1.82) is 0 Å². The number of carbonyl (C=O) groups excluding carboxylic acids is 2. The Bertz CT molecular complexity index is 1050. The van der Waals surface area contributed by atoms with Crippen LogP contribution in [-0.4, -0.2) is 34.6 Å². The number of hydrogen-bond acceptors (Lipinski definition) is 8. The number of rotatable bonds is 4. The average Bonchev–Trinajstić information content (AvgIpc) is 3.47. The molecule has 28 heavy (non-hydrogen) atoms. The lowest BCUT2D eigenvalue weighted by molar-refractivity contribution is -0.117. The number of hydrogen-bond donors (Lipinski definition) is 1. The van der Waals surface area contributed by atoms with Gasteiger partial charge in [0.05, 0.1) is 16.9 Å². The fraction of sp³-hybridized carbons (Fsp3) is 0.263. The first-order valence-corrected chi connectivity index (χ1v) is 9.87. The van der Waals surface area contributed by atoms with Gasteiger partial charge in [-0.1, -0.05) is 5.16 Å². The normalized spacial score (nSPS) is 17.8. The van der Waals surface area contributed by atoms with Crippen molar-refractivity contribution in [3.05, 3.63) is 46.5 Å². The second-order valence-electron chi connectivity index (χ2n) is 6.67. The highest BCUT2D eigenvalue weighted by atomic mass is 32.1. The predicted molar refractivity (Wildman–Crippen MR) is 102 cm³/mol. The van der Waals surface area contributed by atoms with Gasteiger partial charge in [-0.15, -0.1) is 0 Å². The number of anilines is 2. The number of esters is 1. The molecule has 2 aliphatic rings. The maximum absolute atomic E-state index is 12.4. The van der Waals surface area contributed by atoms with Gasteiger partial charge >= 0.3 is 5.97 Å². The summed E-state index contributed by atoms with van der Waals surface area (Å²) in [5, 5.41) is 10.6. The van der Waals surface area contributed by atoms with Gasteiger partial charge in [0.25, 0.3) is 5.89 Å². The summed E-state index contributed by atoms with van der Waals surface area (Å²) in [4.78, 5) is 31.0. The highest BCUT2D eigenvalue weighted by Crippen LogP contribution is 2.37. The Kier molecular flexibility index (Phi) is 4.09. The van der Waals surface area contributed by atoms with Gasteiger partial charge in [0, 0.05) is 17.5 Å². The van der Waals surface area contributed by atoms with E-state index in [1.807, 2.05) is 22.9 Å². The number of fused-ring (bicyclic) bond motifs is 3. The minimum Gasteiger partial charge on any atom is -0.452 e. The molecule has 0 aliphatic carbocycles.